The van der Waals surface area contributed by atoms with Crippen molar-refractivity contribution in [1.82, 2.24) is 4.57 Å². The van der Waals surface area contributed by atoms with Gasteiger partial charge in [0.05, 0.1) is 12.6 Å². The monoisotopic (exact) mass is 330 g/mol. The zero-order valence-electron chi connectivity index (χ0n) is 11.1. The largest absolute Gasteiger partial charge is 0.497 e. The summed E-state index contributed by atoms with van der Waals surface area (Å²) < 4.78 is 8.54. The molecule has 4 heteroatoms. The highest BCUT2D eigenvalue weighted by atomic mass is 79.9. The second-order valence-corrected chi connectivity index (χ2v) is 5.54. The third kappa shape index (κ3) is 2.27. The van der Waals surface area contributed by atoms with E-state index in [0.717, 1.165) is 33.4 Å². The van der Waals surface area contributed by atoms with E-state index in [-0.39, 0.29) is 0 Å². The van der Waals surface area contributed by atoms with Gasteiger partial charge in [0, 0.05) is 28.3 Å². The molecule has 0 saturated carbocycles. The number of halogens is 1. The molecule has 1 heterocycles. The molecule has 20 heavy (non-hydrogen) atoms. The molecule has 3 nitrogen and oxygen atoms in total. The molecule has 2 N–H and O–H groups in total. The van der Waals surface area contributed by atoms with E-state index in [9.17, 15) is 0 Å². The lowest BCUT2D eigenvalue weighted by Gasteiger charge is -2.10. The highest BCUT2D eigenvalue weighted by molar-refractivity contribution is 9.10. The van der Waals surface area contributed by atoms with Crippen LogP contribution >= 0.6 is 15.9 Å². The van der Waals surface area contributed by atoms with E-state index in [1.54, 1.807) is 7.11 Å². The van der Waals surface area contributed by atoms with Crippen LogP contribution in [0.4, 0.5) is 5.69 Å². The summed E-state index contributed by atoms with van der Waals surface area (Å²) in [6.07, 6.45) is 2.06. The number of fused-ring (bicyclic) bond motifs is 1. The van der Waals surface area contributed by atoms with Gasteiger partial charge in [-0.05, 0) is 42.0 Å². The van der Waals surface area contributed by atoms with Gasteiger partial charge in [0.25, 0.3) is 0 Å². The van der Waals surface area contributed by atoms with E-state index in [1.807, 2.05) is 30.3 Å². The Kier molecular flexibility index (Phi) is 3.40. The summed E-state index contributed by atoms with van der Waals surface area (Å²) >= 11 is 3.59. The van der Waals surface area contributed by atoms with E-state index < -0.39 is 0 Å². The average molecular weight is 331 g/mol. The first-order valence-corrected chi connectivity index (χ1v) is 7.14. The van der Waals surface area contributed by atoms with Gasteiger partial charge in [-0.25, -0.2) is 0 Å². The first-order valence-electron chi connectivity index (χ1n) is 6.35. The minimum Gasteiger partial charge on any atom is -0.497 e. The fraction of sp³-hybridized carbons (Fsp3) is 0.125. The zero-order valence-corrected chi connectivity index (χ0v) is 12.7. The maximum atomic E-state index is 6.00. The van der Waals surface area contributed by atoms with Crippen molar-refractivity contribution < 1.29 is 4.74 Å². The van der Waals surface area contributed by atoms with Crippen molar-refractivity contribution in [2.24, 2.45) is 0 Å². The quantitative estimate of drug-likeness (QED) is 0.736. The van der Waals surface area contributed by atoms with Crippen LogP contribution in [0.5, 0.6) is 5.75 Å². The summed E-state index contributed by atoms with van der Waals surface area (Å²) in [4.78, 5) is 0. The SMILES string of the molecule is COc1ccc(Br)c(Cn2ccc3c(N)cccc32)c1. The molecule has 0 radical (unpaired) electrons. The number of rotatable bonds is 3. The molecule has 0 saturated heterocycles. The Morgan fingerprint density at radius 2 is 2.05 bits per heavy atom. The number of nitrogen functional groups attached to an aromatic ring is 1. The van der Waals surface area contributed by atoms with Gasteiger partial charge in [-0.15, -0.1) is 0 Å². The molecule has 3 rings (SSSR count). The number of nitrogens with zero attached hydrogens (tertiary/aromatic N) is 1. The first-order chi connectivity index (χ1) is 9.69. The van der Waals surface area contributed by atoms with Gasteiger partial charge in [-0.2, -0.15) is 0 Å². The van der Waals surface area contributed by atoms with Crippen LogP contribution < -0.4 is 10.5 Å². The van der Waals surface area contributed by atoms with Crippen molar-refractivity contribution in [3.05, 3.63) is 58.7 Å². The Bertz CT molecular complexity index is 764. The number of hydrogen-bond donors (Lipinski definition) is 1. The van der Waals surface area contributed by atoms with E-state index in [0.29, 0.717) is 0 Å². The molecule has 0 amide bonds. The van der Waals surface area contributed by atoms with Crippen LogP contribution in [0.15, 0.2) is 53.1 Å². The van der Waals surface area contributed by atoms with Gasteiger partial charge in [0.2, 0.25) is 0 Å². The minimum atomic E-state index is 0.769. The molecule has 0 fully saturated rings. The maximum absolute atomic E-state index is 6.00. The molecule has 0 unspecified atom stereocenters. The van der Waals surface area contributed by atoms with Crippen molar-refractivity contribution in [2.75, 3.05) is 12.8 Å². The summed E-state index contributed by atoms with van der Waals surface area (Å²) in [5.41, 5.74) is 9.12. The summed E-state index contributed by atoms with van der Waals surface area (Å²) in [5.74, 6) is 0.860. The predicted molar refractivity (Wildman–Crippen MR) is 86.1 cm³/mol. The average Bonchev–Trinajstić information content (AvgIpc) is 2.86. The lowest BCUT2D eigenvalue weighted by molar-refractivity contribution is 0.414. The van der Waals surface area contributed by atoms with Crippen LogP contribution in [0.2, 0.25) is 0 Å². The van der Waals surface area contributed by atoms with Crippen LogP contribution in [0.1, 0.15) is 5.56 Å². The minimum absolute atomic E-state index is 0.769. The van der Waals surface area contributed by atoms with E-state index in [4.69, 9.17) is 10.5 Å². The van der Waals surface area contributed by atoms with Crippen LogP contribution in [0.25, 0.3) is 10.9 Å². The normalized spacial score (nSPS) is 10.9. The molecule has 0 aliphatic heterocycles. The fourth-order valence-electron chi connectivity index (χ4n) is 2.37. The lowest BCUT2D eigenvalue weighted by atomic mass is 10.2. The van der Waals surface area contributed by atoms with E-state index in [1.165, 1.54) is 5.56 Å². The molecule has 0 aliphatic carbocycles. The molecule has 102 valence electrons. The Morgan fingerprint density at radius 1 is 1.20 bits per heavy atom. The van der Waals surface area contributed by atoms with Crippen LogP contribution in [-0.4, -0.2) is 11.7 Å². The molecule has 0 spiro atoms. The van der Waals surface area contributed by atoms with Crippen molar-refractivity contribution in [2.45, 2.75) is 6.54 Å². The summed E-state index contributed by atoms with van der Waals surface area (Å²) in [5, 5.41) is 1.09. The first kappa shape index (κ1) is 13.1. The zero-order chi connectivity index (χ0) is 14.1. The smallest absolute Gasteiger partial charge is 0.119 e. The highest BCUT2D eigenvalue weighted by Gasteiger charge is 2.07. The Morgan fingerprint density at radius 3 is 2.85 bits per heavy atom. The molecule has 2 aromatic carbocycles. The Hall–Kier alpha value is -1.94. The summed E-state index contributed by atoms with van der Waals surface area (Å²) in [7, 11) is 1.68. The standard InChI is InChI=1S/C16H15BrN2O/c1-20-12-5-6-14(17)11(9-12)10-19-8-7-13-15(18)3-2-4-16(13)19/h2-9H,10,18H2,1H3. The Labute approximate surface area is 126 Å². The number of ether oxygens (including phenoxy) is 1. The molecular weight excluding hydrogens is 316 g/mol. The van der Waals surface area contributed by atoms with Gasteiger partial charge >= 0.3 is 0 Å². The van der Waals surface area contributed by atoms with Gasteiger partial charge in [-0.3, -0.25) is 0 Å². The molecule has 0 aliphatic rings. The van der Waals surface area contributed by atoms with Gasteiger partial charge in [-0.1, -0.05) is 22.0 Å². The van der Waals surface area contributed by atoms with Crippen molar-refractivity contribution in [1.29, 1.82) is 0 Å². The molecular formula is C16H15BrN2O. The number of nitrogens with two attached hydrogens (primary N) is 1. The predicted octanol–water partition coefficient (Wildman–Crippen LogP) is 4.04. The van der Waals surface area contributed by atoms with Crippen LogP contribution in [0.3, 0.4) is 0 Å². The third-order valence-electron chi connectivity index (χ3n) is 3.44. The molecule has 1 aromatic heterocycles. The second-order valence-electron chi connectivity index (χ2n) is 4.68. The number of benzene rings is 2. The third-order valence-corrected chi connectivity index (χ3v) is 4.21. The molecule has 0 bridgehead atoms. The van der Waals surface area contributed by atoms with Crippen LogP contribution in [0, 0.1) is 0 Å². The summed E-state index contributed by atoms with van der Waals surface area (Å²) in [6.45, 7) is 0.769. The Balaban J connectivity index is 2.03. The van der Waals surface area contributed by atoms with Crippen molar-refractivity contribution in [3.63, 3.8) is 0 Å². The number of anilines is 1. The topological polar surface area (TPSA) is 40.2 Å². The molecule has 0 atom stereocenters. The number of aromatic nitrogens is 1. The van der Waals surface area contributed by atoms with Crippen molar-refractivity contribution in [3.8, 4) is 5.75 Å². The fourth-order valence-corrected chi connectivity index (χ4v) is 2.74. The lowest BCUT2D eigenvalue weighted by Crippen LogP contribution is -1.99. The van der Waals surface area contributed by atoms with Gasteiger partial charge in [0.1, 0.15) is 5.75 Å². The maximum Gasteiger partial charge on any atom is 0.119 e. The molecule has 3 aromatic rings. The van der Waals surface area contributed by atoms with E-state index >= 15 is 0 Å². The van der Waals surface area contributed by atoms with E-state index in [2.05, 4.69) is 38.8 Å². The highest BCUT2D eigenvalue weighted by Crippen LogP contribution is 2.26. The number of methoxy groups -OCH3 is 1. The summed E-state index contributed by atoms with van der Waals surface area (Å²) in [6, 6.07) is 14.0. The second kappa shape index (κ2) is 5.21. The van der Waals surface area contributed by atoms with Gasteiger partial charge in [0.15, 0.2) is 0 Å². The van der Waals surface area contributed by atoms with Crippen LogP contribution in [-0.2, 0) is 6.54 Å². The number of hydrogen-bond acceptors (Lipinski definition) is 2. The van der Waals surface area contributed by atoms with Gasteiger partial charge < -0.3 is 15.0 Å². The van der Waals surface area contributed by atoms with Crippen molar-refractivity contribution >= 4 is 32.5 Å².